The van der Waals surface area contributed by atoms with Crippen LogP contribution in [0.1, 0.15) is 37.7 Å². The van der Waals surface area contributed by atoms with Crippen LogP contribution in [0, 0.1) is 11.7 Å². The highest BCUT2D eigenvalue weighted by molar-refractivity contribution is 5.94. The number of hydrogen-bond donors (Lipinski definition) is 2. The SMILES string of the molecule is O=C(CC1CCCC1)NCC(=O)Nc1ccc(OCc2ccccc2F)cc1. The number of hydrogen-bond acceptors (Lipinski definition) is 3. The largest absolute Gasteiger partial charge is 0.489 e. The second kappa shape index (κ2) is 9.88. The van der Waals surface area contributed by atoms with Gasteiger partial charge in [0.15, 0.2) is 0 Å². The summed E-state index contributed by atoms with van der Waals surface area (Å²) >= 11 is 0. The van der Waals surface area contributed by atoms with Crippen LogP contribution in [0.25, 0.3) is 0 Å². The zero-order valence-electron chi connectivity index (χ0n) is 15.7. The molecular weight excluding hydrogens is 359 g/mol. The Morgan fingerprint density at radius 2 is 1.71 bits per heavy atom. The molecule has 3 rings (SSSR count). The normalized spacial score (nSPS) is 13.9. The van der Waals surface area contributed by atoms with Crippen LogP contribution in [0.2, 0.25) is 0 Å². The Bertz CT molecular complexity index is 802. The van der Waals surface area contributed by atoms with Crippen molar-refractivity contribution in [1.29, 1.82) is 0 Å². The third kappa shape index (κ3) is 6.08. The maximum atomic E-state index is 13.6. The van der Waals surface area contributed by atoms with Crippen molar-refractivity contribution in [2.75, 3.05) is 11.9 Å². The quantitative estimate of drug-likeness (QED) is 0.722. The Kier molecular flexibility index (Phi) is 7.00. The molecule has 0 unspecified atom stereocenters. The summed E-state index contributed by atoms with van der Waals surface area (Å²) in [4.78, 5) is 23.9. The molecular formula is C22H25FN2O3. The van der Waals surface area contributed by atoms with E-state index in [0.29, 0.717) is 29.3 Å². The first-order chi connectivity index (χ1) is 13.6. The van der Waals surface area contributed by atoms with Crippen LogP contribution < -0.4 is 15.4 Å². The average molecular weight is 384 g/mol. The summed E-state index contributed by atoms with van der Waals surface area (Å²) in [7, 11) is 0. The number of amides is 2. The Morgan fingerprint density at radius 1 is 1.00 bits per heavy atom. The van der Waals surface area contributed by atoms with Gasteiger partial charge in [0.1, 0.15) is 18.2 Å². The van der Waals surface area contributed by atoms with Crippen LogP contribution in [0.15, 0.2) is 48.5 Å². The van der Waals surface area contributed by atoms with Crippen molar-refractivity contribution < 1.29 is 18.7 Å². The summed E-state index contributed by atoms with van der Waals surface area (Å²) in [6, 6.07) is 13.3. The average Bonchev–Trinajstić information content (AvgIpc) is 3.20. The molecule has 6 heteroatoms. The van der Waals surface area contributed by atoms with Crippen molar-refractivity contribution in [3.05, 3.63) is 59.9 Å². The van der Waals surface area contributed by atoms with Crippen LogP contribution in [-0.2, 0) is 16.2 Å². The minimum absolute atomic E-state index is 0.0446. The zero-order valence-corrected chi connectivity index (χ0v) is 15.7. The molecule has 0 spiro atoms. The van der Waals surface area contributed by atoms with E-state index < -0.39 is 0 Å². The van der Waals surface area contributed by atoms with Gasteiger partial charge in [-0.1, -0.05) is 31.0 Å². The van der Waals surface area contributed by atoms with E-state index in [9.17, 15) is 14.0 Å². The summed E-state index contributed by atoms with van der Waals surface area (Å²) in [5.74, 6) is 0.381. The molecule has 5 nitrogen and oxygen atoms in total. The molecule has 1 aliphatic rings. The third-order valence-corrected chi connectivity index (χ3v) is 4.89. The van der Waals surface area contributed by atoms with E-state index in [2.05, 4.69) is 10.6 Å². The van der Waals surface area contributed by atoms with Gasteiger partial charge in [0.2, 0.25) is 11.8 Å². The van der Waals surface area contributed by atoms with E-state index in [0.717, 1.165) is 12.8 Å². The van der Waals surface area contributed by atoms with Gasteiger partial charge in [-0.2, -0.15) is 0 Å². The Morgan fingerprint density at radius 3 is 2.43 bits per heavy atom. The van der Waals surface area contributed by atoms with Gasteiger partial charge in [0, 0.05) is 17.7 Å². The number of rotatable bonds is 8. The number of anilines is 1. The molecule has 0 atom stereocenters. The third-order valence-electron chi connectivity index (χ3n) is 4.89. The molecule has 0 saturated heterocycles. The summed E-state index contributed by atoms with van der Waals surface area (Å²) in [6.45, 7) is 0.0858. The van der Waals surface area contributed by atoms with Crippen molar-refractivity contribution in [3.63, 3.8) is 0 Å². The molecule has 0 radical (unpaired) electrons. The molecule has 2 N–H and O–H groups in total. The monoisotopic (exact) mass is 384 g/mol. The van der Waals surface area contributed by atoms with E-state index in [1.165, 1.54) is 18.9 Å². The molecule has 2 amide bonds. The number of nitrogens with one attached hydrogen (secondary N) is 2. The summed E-state index contributed by atoms with van der Waals surface area (Å²) < 4.78 is 19.2. The number of carbonyl (C=O) groups is 2. The molecule has 0 aromatic heterocycles. The van der Waals surface area contributed by atoms with Gasteiger partial charge in [0.25, 0.3) is 0 Å². The fourth-order valence-electron chi connectivity index (χ4n) is 3.34. The molecule has 2 aromatic carbocycles. The minimum atomic E-state index is -0.304. The standard InChI is InChI=1S/C22H25FN2O3/c23-20-8-4-3-7-17(20)15-28-19-11-9-18(10-12-19)25-22(27)14-24-21(26)13-16-5-1-2-6-16/h3-4,7-12,16H,1-2,5-6,13-15H2,(H,24,26)(H,25,27). The van der Waals surface area contributed by atoms with Gasteiger partial charge in [-0.15, -0.1) is 0 Å². The molecule has 0 bridgehead atoms. The fourth-order valence-corrected chi connectivity index (χ4v) is 3.34. The number of halogens is 1. The van der Waals surface area contributed by atoms with Gasteiger partial charge >= 0.3 is 0 Å². The first kappa shape index (κ1) is 19.9. The van der Waals surface area contributed by atoms with Gasteiger partial charge in [0.05, 0.1) is 6.54 Å². The van der Waals surface area contributed by atoms with Crippen LogP contribution in [0.5, 0.6) is 5.75 Å². The van der Waals surface area contributed by atoms with Crippen molar-refractivity contribution >= 4 is 17.5 Å². The molecule has 28 heavy (non-hydrogen) atoms. The highest BCUT2D eigenvalue weighted by atomic mass is 19.1. The Balaban J connectivity index is 1.40. The number of carbonyl (C=O) groups excluding carboxylic acids is 2. The minimum Gasteiger partial charge on any atom is -0.489 e. The first-order valence-corrected chi connectivity index (χ1v) is 9.63. The highest BCUT2D eigenvalue weighted by Crippen LogP contribution is 2.27. The van der Waals surface area contributed by atoms with Crippen LogP contribution >= 0.6 is 0 Å². The Hall–Kier alpha value is -2.89. The van der Waals surface area contributed by atoms with Gasteiger partial charge in [-0.25, -0.2) is 4.39 Å². The number of benzene rings is 2. The maximum Gasteiger partial charge on any atom is 0.243 e. The second-order valence-electron chi connectivity index (χ2n) is 7.08. The summed E-state index contributed by atoms with van der Waals surface area (Å²) in [6.07, 6.45) is 5.09. The van der Waals surface area contributed by atoms with Crippen LogP contribution in [-0.4, -0.2) is 18.4 Å². The lowest BCUT2D eigenvalue weighted by molar-refractivity contribution is -0.124. The molecule has 1 aliphatic carbocycles. The Labute approximate surface area is 164 Å². The lowest BCUT2D eigenvalue weighted by Gasteiger charge is -2.11. The van der Waals surface area contributed by atoms with Crippen LogP contribution in [0.4, 0.5) is 10.1 Å². The van der Waals surface area contributed by atoms with Crippen molar-refractivity contribution in [1.82, 2.24) is 5.32 Å². The highest BCUT2D eigenvalue weighted by Gasteiger charge is 2.18. The van der Waals surface area contributed by atoms with E-state index in [4.69, 9.17) is 4.74 Å². The predicted octanol–water partition coefficient (Wildman–Crippen LogP) is 4.04. The van der Waals surface area contributed by atoms with Gasteiger partial charge in [-0.3, -0.25) is 9.59 Å². The summed E-state index contributed by atoms with van der Waals surface area (Å²) in [5, 5.41) is 5.41. The number of ether oxygens (including phenoxy) is 1. The lowest BCUT2D eigenvalue weighted by atomic mass is 10.0. The van der Waals surface area contributed by atoms with Gasteiger partial charge < -0.3 is 15.4 Å². The predicted molar refractivity (Wildman–Crippen MR) is 105 cm³/mol. The molecule has 2 aromatic rings. The van der Waals surface area contributed by atoms with Crippen molar-refractivity contribution in [2.24, 2.45) is 5.92 Å². The van der Waals surface area contributed by atoms with Crippen molar-refractivity contribution in [3.8, 4) is 5.75 Å². The molecule has 1 saturated carbocycles. The smallest absolute Gasteiger partial charge is 0.243 e. The van der Waals surface area contributed by atoms with Gasteiger partial charge in [-0.05, 0) is 49.1 Å². The van der Waals surface area contributed by atoms with Crippen molar-refractivity contribution in [2.45, 2.75) is 38.7 Å². The summed E-state index contributed by atoms with van der Waals surface area (Å²) in [5.41, 5.74) is 1.08. The lowest BCUT2D eigenvalue weighted by Crippen LogP contribution is -2.33. The van der Waals surface area contributed by atoms with E-state index in [-0.39, 0.29) is 30.8 Å². The zero-order chi connectivity index (χ0) is 19.8. The van der Waals surface area contributed by atoms with Crippen LogP contribution in [0.3, 0.4) is 0 Å². The van der Waals surface area contributed by atoms with E-state index in [1.54, 1.807) is 42.5 Å². The second-order valence-corrected chi connectivity index (χ2v) is 7.08. The fraction of sp³-hybridized carbons (Fsp3) is 0.364. The van der Waals surface area contributed by atoms with E-state index >= 15 is 0 Å². The molecule has 148 valence electrons. The molecule has 0 aliphatic heterocycles. The maximum absolute atomic E-state index is 13.6. The first-order valence-electron chi connectivity index (χ1n) is 9.63. The molecule has 1 fully saturated rings. The van der Waals surface area contributed by atoms with E-state index in [1.807, 2.05) is 0 Å². The topological polar surface area (TPSA) is 67.4 Å². The molecule has 0 heterocycles.